The molecule has 2 N–H and O–H groups in total. The van der Waals surface area contributed by atoms with Gasteiger partial charge in [0.25, 0.3) is 0 Å². The summed E-state index contributed by atoms with van der Waals surface area (Å²) in [4.78, 5) is 7.96. The molecule has 0 amide bonds. The molecule has 4 heteroatoms. The average Bonchev–Trinajstić information content (AvgIpc) is 2.62. The smallest absolute Gasteiger partial charge is 0.0798 e. The van der Waals surface area contributed by atoms with Gasteiger partial charge in [-0.2, -0.15) is 0 Å². The van der Waals surface area contributed by atoms with E-state index in [1.54, 1.807) is 11.3 Å². The molecule has 0 fully saturated rings. The van der Waals surface area contributed by atoms with Gasteiger partial charge in [-0.3, -0.25) is 4.90 Å². The summed E-state index contributed by atoms with van der Waals surface area (Å²) in [6, 6.07) is 0.511. The fourth-order valence-corrected chi connectivity index (χ4v) is 2.32. The molecule has 2 unspecified atom stereocenters. The van der Waals surface area contributed by atoms with Crippen molar-refractivity contribution in [3.05, 3.63) is 16.1 Å². The van der Waals surface area contributed by atoms with Crippen LogP contribution in [0.5, 0.6) is 0 Å². The zero-order valence-corrected chi connectivity index (χ0v) is 10.8. The van der Waals surface area contributed by atoms with Crippen molar-refractivity contribution in [1.29, 1.82) is 0 Å². The Balaban J connectivity index is 2.55. The standard InChI is InChI=1S/C11H21N3S/c1-8(5-12)10(3)14(4)6-11-9(2)13-7-15-11/h7-8,10H,5-6,12H2,1-4H3. The number of nitrogens with zero attached hydrogens (tertiary/aromatic N) is 2. The molecule has 15 heavy (non-hydrogen) atoms. The second-order valence-electron chi connectivity index (χ2n) is 4.23. The number of thiazole rings is 1. The Morgan fingerprint density at radius 1 is 1.53 bits per heavy atom. The summed E-state index contributed by atoms with van der Waals surface area (Å²) >= 11 is 1.73. The van der Waals surface area contributed by atoms with Crippen molar-refractivity contribution in [2.45, 2.75) is 33.4 Å². The van der Waals surface area contributed by atoms with Crippen molar-refractivity contribution in [2.75, 3.05) is 13.6 Å². The van der Waals surface area contributed by atoms with E-state index in [0.29, 0.717) is 12.0 Å². The molecule has 0 aromatic carbocycles. The van der Waals surface area contributed by atoms with Crippen LogP contribution in [0.2, 0.25) is 0 Å². The lowest BCUT2D eigenvalue weighted by Crippen LogP contribution is -2.37. The minimum absolute atomic E-state index is 0.511. The molecule has 0 bridgehead atoms. The molecule has 1 heterocycles. The molecule has 86 valence electrons. The van der Waals surface area contributed by atoms with Crippen LogP contribution in [0.25, 0.3) is 0 Å². The summed E-state index contributed by atoms with van der Waals surface area (Å²) in [5.74, 6) is 0.531. The lowest BCUT2D eigenvalue weighted by atomic mass is 10.0. The third-order valence-electron chi connectivity index (χ3n) is 3.13. The fraction of sp³-hybridized carbons (Fsp3) is 0.727. The van der Waals surface area contributed by atoms with E-state index < -0.39 is 0 Å². The maximum absolute atomic E-state index is 5.68. The molecule has 1 aromatic rings. The van der Waals surface area contributed by atoms with Crippen LogP contribution >= 0.6 is 11.3 Å². The minimum atomic E-state index is 0.511. The number of hydrogen-bond acceptors (Lipinski definition) is 4. The molecule has 3 nitrogen and oxygen atoms in total. The summed E-state index contributed by atoms with van der Waals surface area (Å²) in [6.07, 6.45) is 0. The lowest BCUT2D eigenvalue weighted by Gasteiger charge is -2.28. The van der Waals surface area contributed by atoms with Crippen molar-refractivity contribution in [3.8, 4) is 0 Å². The molecule has 0 saturated carbocycles. The van der Waals surface area contributed by atoms with Crippen molar-refractivity contribution in [3.63, 3.8) is 0 Å². The number of rotatable bonds is 5. The third kappa shape index (κ3) is 3.26. The van der Waals surface area contributed by atoms with Crippen LogP contribution in [0.1, 0.15) is 24.4 Å². The summed E-state index contributed by atoms with van der Waals surface area (Å²) in [6.45, 7) is 8.21. The number of hydrogen-bond donors (Lipinski definition) is 1. The SMILES string of the molecule is Cc1ncsc1CN(C)C(C)C(C)CN. The van der Waals surface area contributed by atoms with Crippen molar-refractivity contribution >= 4 is 11.3 Å². The van der Waals surface area contributed by atoms with Gasteiger partial charge in [-0.1, -0.05) is 6.92 Å². The Morgan fingerprint density at radius 3 is 2.67 bits per heavy atom. The van der Waals surface area contributed by atoms with Gasteiger partial charge < -0.3 is 5.73 Å². The van der Waals surface area contributed by atoms with Crippen LogP contribution < -0.4 is 5.73 Å². The maximum Gasteiger partial charge on any atom is 0.0798 e. The lowest BCUT2D eigenvalue weighted by molar-refractivity contribution is 0.196. The highest BCUT2D eigenvalue weighted by atomic mass is 32.1. The molecule has 0 radical (unpaired) electrons. The second-order valence-corrected chi connectivity index (χ2v) is 5.17. The Morgan fingerprint density at radius 2 is 2.20 bits per heavy atom. The monoisotopic (exact) mass is 227 g/mol. The average molecular weight is 227 g/mol. The van der Waals surface area contributed by atoms with Crippen molar-refractivity contribution < 1.29 is 0 Å². The molecule has 0 aliphatic rings. The van der Waals surface area contributed by atoms with Crippen LogP contribution in [-0.4, -0.2) is 29.5 Å². The van der Waals surface area contributed by atoms with Gasteiger partial charge in [0.15, 0.2) is 0 Å². The maximum atomic E-state index is 5.68. The number of nitrogens with two attached hydrogens (primary N) is 1. The van der Waals surface area contributed by atoms with E-state index in [0.717, 1.165) is 18.8 Å². The number of aryl methyl sites for hydroxylation is 1. The largest absolute Gasteiger partial charge is 0.330 e. The Hall–Kier alpha value is -0.450. The summed E-state index contributed by atoms with van der Waals surface area (Å²) in [7, 11) is 2.15. The van der Waals surface area contributed by atoms with Gasteiger partial charge in [0, 0.05) is 17.5 Å². The molecule has 2 atom stereocenters. The van der Waals surface area contributed by atoms with Gasteiger partial charge >= 0.3 is 0 Å². The second kappa shape index (κ2) is 5.58. The van der Waals surface area contributed by atoms with E-state index in [1.807, 2.05) is 5.51 Å². The Kier molecular flexibility index (Phi) is 4.70. The highest BCUT2D eigenvalue weighted by Crippen LogP contribution is 2.17. The zero-order chi connectivity index (χ0) is 11.4. The van der Waals surface area contributed by atoms with Gasteiger partial charge in [-0.15, -0.1) is 11.3 Å². The predicted molar refractivity (Wildman–Crippen MR) is 66.0 cm³/mol. The van der Waals surface area contributed by atoms with Crippen LogP contribution in [0.4, 0.5) is 0 Å². The van der Waals surface area contributed by atoms with E-state index in [4.69, 9.17) is 5.73 Å². The molecular weight excluding hydrogens is 206 g/mol. The highest BCUT2D eigenvalue weighted by Gasteiger charge is 2.16. The first-order chi connectivity index (χ1) is 7.06. The van der Waals surface area contributed by atoms with Gasteiger partial charge in [0.1, 0.15) is 0 Å². The van der Waals surface area contributed by atoms with Gasteiger partial charge in [0.2, 0.25) is 0 Å². The first-order valence-electron chi connectivity index (χ1n) is 5.35. The van der Waals surface area contributed by atoms with Crippen LogP contribution in [0.3, 0.4) is 0 Å². The van der Waals surface area contributed by atoms with Crippen LogP contribution in [0.15, 0.2) is 5.51 Å². The molecule has 0 spiro atoms. The minimum Gasteiger partial charge on any atom is -0.330 e. The summed E-state index contributed by atoms with van der Waals surface area (Å²) < 4.78 is 0. The molecule has 1 rings (SSSR count). The fourth-order valence-electron chi connectivity index (χ4n) is 1.48. The van der Waals surface area contributed by atoms with Crippen LogP contribution in [-0.2, 0) is 6.54 Å². The van der Waals surface area contributed by atoms with E-state index >= 15 is 0 Å². The highest BCUT2D eigenvalue weighted by molar-refractivity contribution is 7.09. The van der Waals surface area contributed by atoms with Gasteiger partial charge in [-0.05, 0) is 33.4 Å². The predicted octanol–water partition coefficient (Wildman–Crippen LogP) is 1.87. The summed E-state index contributed by atoms with van der Waals surface area (Å²) in [5.41, 5.74) is 8.74. The Labute approximate surface area is 96.3 Å². The molecule has 0 aliphatic heterocycles. The summed E-state index contributed by atoms with van der Waals surface area (Å²) in [5, 5.41) is 0. The normalized spacial score (nSPS) is 15.6. The van der Waals surface area contributed by atoms with Gasteiger partial charge in [-0.25, -0.2) is 4.98 Å². The first kappa shape index (κ1) is 12.6. The quantitative estimate of drug-likeness (QED) is 0.835. The van der Waals surface area contributed by atoms with E-state index in [1.165, 1.54) is 4.88 Å². The van der Waals surface area contributed by atoms with Crippen LogP contribution in [0, 0.1) is 12.8 Å². The Bertz CT molecular complexity index is 298. The molecular formula is C11H21N3S. The molecule has 0 saturated heterocycles. The molecule has 0 aliphatic carbocycles. The topological polar surface area (TPSA) is 42.2 Å². The molecule has 1 aromatic heterocycles. The van der Waals surface area contributed by atoms with E-state index in [-0.39, 0.29) is 0 Å². The van der Waals surface area contributed by atoms with Gasteiger partial charge in [0.05, 0.1) is 11.2 Å². The van der Waals surface area contributed by atoms with Crippen molar-refractivity contribution in [1.82, 2.24) is 9.88 Å². The zero-order valence-electron chi connectivity index (χ0n) is 10.0. The van der Waals surface area contributed by atoms with E-state index in [9.17, 15) is 0 Å². The first-order valence-corrected chi connectivity index (χ1v) is 6.23. The number of aromatic nitrogens is 1. The third-order valence-corrected chi connectivity index (χ3v) is 4.05. The van der Waals surface area contributed by atoms with E-state index in [2.05, 4.69) is 37.7 Å². The van der Waals surface area contributed by atoms with Crippen molar-refractivity contribution in [2.24, 2.45) is 11.7 Å².